The zero-order valence-corrected chi connectivity index (χ0v) is 14.3. The molecule has 2 aromatic heterocycles. The molecule has 140 valence electrons. The lowest BCUT2D eigenvalue weighted by Crippen LogP contribution is -2.49. The summed E-state index contributed by atoms with van der Waals surface area (Å²) in [7, 11) is 0. The number of anilines is 1. The predicted molar refractivity (Wildman–Crippen MR) is 93.3 cm³/mol. The molecule has 0 bridgehead atoms. The van der Waals surface area contributed by atoms with Crippen molar-refractivity contribution < 1.29 is 18.7 Å². The van der Waals surface area contributed by atoms with Crippen LogP contribution >= 0.6 is 0 Å². The van der Waals surface area contributed by atoms with Crippen molar-refractivity contribution in [2.24, 2.45) is 5.41 Å². The standard InChI is InChI=1S/C18H17F2N5O2/c19-12-3-2-11(13(20)6-12)7-18(17(26)27)4-1-5-25(8-18)16-14-15(22-9-21-14)23-10-24-16/h2-3,6,9-10H,1,4-5,7-8H2,(H,26,27)(H,21,22,23,24). The van der Waals surface area contributed by atoms with Gasteiger partial charge in [0.15, 0.2) is 11.5 Å². The quantitative estimate of drug-likeness (QED) is 0.730. The van der Waals surface area contributed by atoms with E-state index in [0.29, 0.717) is 36.4 Å². The number of hydrogen-bond donors (Lipinski definition) is 2. The molecule has 9 heteroatoms. The number of piperidine rings is 1. The largest absolute Gasteiger partial charge is 0.481 e. The Balaban J connectivity index is 1.69. The zero-order chi connectivity index (χ0) is 19.0. The number of hydrogen-bond acceptors (Lipinski definition) is 5. The van der Waals surface area contributed by atoms with E-state index < -0.39 is 23.0 Å². The Bertz CT molecular complexity index is 1010. The van der Waals surface area contributed by atoms with Crippen molar-refractivity contribution in [2.45, 2.75) is 19.3 Å². The van der Waals surface area contributed by atoms with Crippen LogP contribution in [0.1, 0.15) is 18.4 Å². The first-order valence-electron chi connectivity index (χ1n) is 8.55. The molecule has 1 fully saturated rings. The molecule has 1 atom stereocenters. The highest BCUT2D eigenvalue weighted by Gasteiger charge is 2.43. The Hall–Kier alpha value is -3.10. The second-order valence-electron chi connectivity index (χ2n) is 6.82. The molecule has 1 aromatic carbocycles. The maximum atomic E-state index is 14.1. The SMILES string of the molecule is O=C(O)C1(Cc2ccc(F)cc2F)CCCN(c2ncnc3nc[nH]c23)C1. The first kappa shape index (κ1) is 17.3. The summed E-state index contributed by atoms with van der Waals surface area (Å²) in [5.74, 6) is -1.85. The lowest BCUT2D eigenvalue weighted by molar-refractivity contribution is -0.149. The fraction of sp³-hybridized carbons (Fsp3) is 0.333. The molecule has 0 saturated carbocycles. The predicted octanol–water partition coefficient (Wildman–Crippen LogP) is 2.54. The number of halogens is 2. The lowest BCUT2D eigenvalue weighted by atomic mass is 9.75. The minimum absolute atomic E-state index is 0.0256. The average molecular weight is 373 g/mol. The third-order valence-electron chi connectivity index (χ3n) is 5.08. The van der Waals surface area contributed by atoms with E-state index in [2.05, 4.69) is 19.9 Å². The van der Waals surface area contributed by atoms with E-state index in [-0.39, 0.29) is 18.5 Å². The van der Waals surface area contributed by atoms with Gasteiger partial charge in [-0.05, 0) is 30.9 Å². The van der Waals surface area contributed by atoms with E-state index >= 15 is 0 Å². The highest BCUT2D eigenvalue weighted by atomic mass is 19.1. The number of aromatic nitrogens is 4. The first-order valence-corrected chi connectivity index (χ1v) is 8.55. The van der Waals surface area contributed by atoms with Crippen molar-refractivity contribution in [1.82, 2.24) is 19.9 Å². The monoisotopic (exact) mass is 373 g/mol. The molecule has 3 aromatic rings. The summed E-state index contributed by atoms with van der Waals surface area (Å²) in [4.78, 5) is 29.5. The molecule has 7 nitrogen and oxygen atoms in total. The van der Waals surface area contributed by atoms with Gasteiger partial charge in [0, 0.05) is 19.2 Å². The maximum absolute atomic E-state index is 14.1. The Labute approximate surface area is 153 Å². The van der Waals surface area contributed by atoms with Crippen molar-refractivity contribution in [3.63, 3.8) is 0 Å². The van der Waals surface area contributed by atoms with E-state index in [1.54, 1.807) is 0 Å². The van der Waals surface area contributed by atoms with Crippen LogP contribution in [0.2, 0.25) is 0 Å². The van der Waals surface area contributed by atoms with Gasteiger partial charge in [0.2, 0.25) is 0 Å². The van der Waals surface area contributed by atoms with Gasteiger partial charge >= 0.3 is 5.97 Å². The number of nitrogens with zero attached hydrogens (tertiary/aromatic N) is 4. The number of carboxylic acid groups (broad SMARTS) is 1. The van der Waals surface area contributed by atoms with Crippen molar-refractivity contribution in [3.05, 3.63) is 48.1 Å². The van der Waals surface area contributed by atoms with Gasteiger partial charge in [-0.2, -0.15) is 0 Å². The summed E-state index contributed by atoms with van der Waals surface area (Å²) in [6, 6.07) is 3.24. The van der Waals surface area contributed by atoms with Gasteiger partial charge in [-0.3, -0.25) is 4.79 Å². The molecule has 3 heterocycles. The summed E-state index contributed by atoms with van der Waals surface area (Å²) in [5, 5.41) is 9.96. The summed E-state index contributed by atoms with van der Waals surface area (Å²) in [6.07, 6.45) is 3.87. The normalized spacial score (nSPS) is 20.1. The van der Waals surface area contributed by atoms with Gasteiger partial charge in [-0.15, -0.1) is 0 Å². The topological polar surface area (TPSA) is 95.0 Å². The zero-order valence-electron chi connectivity index (χ0n) is 14.3. The van der Waals surface area contributed by atoms with Crippen LogP contribution < -0.4 is 4.90 Å². The molecular weight excluding hydrogens is 356 g/mol. The number of aromatic amines is 1. The molecule has 0 radical (unpaired) electrons. The maximum Gasteiger partial charge on any atom is 0.311 e. The molecule has 1 unspecified atom stereocenters. The molecule has 1 aliphatic heterocycles. The van der Waals surface area contributed by atoms with Crippen LogP contribution in [-0.4, -0.2) is 44.1 Å². The number of nitrogens with one attached hydrogen (secondary N) is 1. The average Bonchev–Trinajstić information content (AvgIpc) is 3.13. The fourth-order valence-electron chi connectivity index (χ4n) is 3.73. The fourth-order valence-corrected chi connectivity index (χ4v) is 3.73. The minimum Gasteiger partial charge on any atom is -0.481 e. The van der Waals surface area contributed by atoms with Crippen LogP contribution in [0.15, 0.2) is 30.9 Å². The van der Waals surface area contributed by atoms with E-state index in [1.165, 1.54) is 18.7 Å². The van der Waals surface area contributed by atoms with E-state index in [9.17, 15) is 18.7 Å². The van der Waals surface area contributed by atoms with E-state index in [0.717, 1.165) is 12.1 Å². The first-order chi connectivity index (χ1) is 13.0. The highest BCUT2D eigenvalue weighted by molar-refractivity contribution is 5.84. The molecule has 27 heavy (non-hydrogen) atoms. The molecule has 0 spiro atoms. The Morgan fingerprint density at radius 1 is 1.30 bits per heavy atom. The molecule has 2 N–H and O–H groups in total. The number of imidazole rings is 1. The van der Waals surface area contributed by atoms with Crippen LogP contribution in [0.25, 0.3) is 11.2 Å². The van der Waals surface area contributed by atoms with E-state index in [4.69, 9.17) is 0 Å². The van der Waals surface area contributed by atoms with Crippen LogP contribution in [0.4, 0.5) is 14.6 Å². The van der Waals surface area contributed by atoms with Crippen molar-refractivity contribution in [3.8, 4) is 0 Å². The summed E-state index contributed by atoms with van der Waals surface area (Å²) in [6.45, 7) is 0.774. The Kier molecular flexibility index (Phi) is 4.21. The van der Waals surface area contributed by atoms with Gasteiger partial charge in [-0.1, -0.05) is 6.07 Å². The molecular formula is C18H17F2N5O2. The number of benzene rings is 1. The van der Waals surface area contributed by atoms with Crippen LogP contribution in [0.5, 0.6) is 0 Å². The Morgan fingerprint density at radius 3 is 2.93 bits per heavy atom. The number of carbonyl (C=O) groups is 1. The number of aliphatic carboxylic acids is 1. The summed E-state index contributed by atoms with van der Waals surface area (Å²) >= 11 is 0. The summed E-state index contributed by atoms with van der Waals surface area (Å²) < 4.78 is 27.3. The summed E-state index contributed by atoms with van der Waals surface area (Å²) in [5.41, 5.74) is 0.117. The third kappa shape index (κ3) is 3.09. The van der Waals surface area contributed by atoms with Gasteiger partial charge in [0.1, 0.15) is 23.5 Å². The Morgan fingerprint density at radius 2 is 2.15 bits per heavy atom. The smallest absolute Gasteiger partial charge is 0.311 e. The van der Waals surface area contributed by atoms with Crippen molar-refractivity contribution in [2.75, 3.05) is 18.0 Å². The molecule has 1 saturated heterocycles. The molecule has 4 rings (SSSR count). The van der Waals surface area contributed by atoms with Crippen LogP contribution in [0.3, 0.4) is 0 Å². The second kappa shape index (κ2) is 6.57. The highest BCUT2D eigenvalue weighted by Crippen LogP contribution is 2.37. The number of fused-ring (bicyclic) bond motifs is 1. The molecule has 1 aliphatic rings. The van der Waals surface area contributed by atoms with Gasteiger partial charge in [-0.25, -0.2) is 23.7 Å². The van der Waals surface area contributed by atoms with Gasteiger partial charge < -0.3 is 15.0 Å². The molecule has 0 aliphatic carbocycles. The van der Waals surface area contributed by atoms with Crippen LogP contribution in [-0.2, 0) is 11.2 Å². The third-order valence-corrected chi connectivity index (χ3v) is 5.08. The van der Waals surface area contributed by atoms with Crippen LogP contribution in [0, 0.1) is 17.0 Å². The number of rotatable bonds is 4. The van der Waals surface area contributed by atoms with Crippen molar-refractivity contribution >= 4 is 23.0 Å². The number of carboxylic acids is 1. The number of H-pyrrole nitrogens is 1. The second-order valence-corrected chi connectivity index (χ2v) is 6.82. The van der Waals surface area contributed by atoms with Crippen molar-refractivity contribution in [1.29, 1.82) is 0 Å². The van der Waals surface area contributed by atoms with Gasteiger partial charge in [0.05, 0.1) is 11.7 Å². The lowest BCUT2D eigenvalue weighted by Gasteiger charge is -2.40. The van der Waals surface area contributed by atoms with E-state index in [1.807, 2.05) is 4.90 Å². The minimum atomic E-state index is -1.20. The van der Waals surface area contributed by atoms with Gasteiger partial charge in [0.25, 0.3) is 0 Å². The molecule has 0 amide bonds.